The quantitative estimate of drug-likeness (QED) is 0.270. The van der Waals surface area contributed by atoms with Crippen LogP contribution in [0.25, 0.3) is 0 Å². The van der Waals surface area contributed by atoms with Gasteiger partial charge in [-0.1, -0.05) is 0 Å². The van der Waals surface area contributed by atoms with Crippen LogP contribution in [0.3, 0.4) is 0 Å². The van der Waals surface area contributed by atoms with E-state index in [4.69, 9.17) is 0 Å². The number of imidazole rings is 1. The lowest BCUT2D eigenvalue weighted by Crippen LogP contribution is -2.10. The maximum absolute atomic E-state index is 10.4. The van der Waals surface area contributed by atoms with Gasteiger partial charge in [-0.3, -0.25) is 15.1 Å². The minimum Gasteiger partial charge on any atom is -0.348 e. The number of unbranched alkanes of at least 4 members (excludes halogenated alkanes) is 1. The molecular formula is C11H18N4O2S. The maximum Gasteiger partial charge on any atom is 0.250 e. The van der Waals surface area contributed by atoms with Crippen LogP contribution in [0.1, 0.15) is 24.2 Å². The summed E-state index contributed by atoms with van der Waals surface area (Å²) in [5.41, 5.74) is 2.20. The van der Waals surface area contributed by atoms with Crippen LogP contribution in [0.2, 0.25) is 0 Å². The van der Waals surface area contributed by atoms with Gasteiger partial charge < -0.3 is 4.98 Å². The van der Waals surface area contributed by atoms with E-state index < -0.39 is 0 Å². The Morgan fingerprint density at radius 1 is 1.61 bits per heavy atom. The van der Waals surface area contributed by atoms with Crippen LogP contribution < -0.4 is 0 Å². The van der Waals surface area contributed by atoms with Crippen LogP contribution >= 0.6 is 11.8 Å². The van der Waals surface area contributed by atoms with Gasteiger partial charge >= 0.3 is 0 Å². The molecule has 0 saturated carbocycles. The van der Waals surface area contributed by atoms with Crippen molar-refractivity contribution in [2.45, 2.75) is 26.2 Å². The van der Waals surface area contributed by atoms with E-state index in [1.165, 1.54) is 11.8 Å². The molecule has 100 valence electrons. The van der Waals surface area contributed by atoms with Gasteiger partial charge in [0, 0.05) is 17.2 Å². The fourth-order valence-corrected chi connectivity index (χ4v) is 1.99. The number of nitrogens with one attached hydrogen (secondary N) is 1. The number of aromatic amines is 1. The molecule has 0 spiro atoms. The molecule has 1 N–H and O–H groups in total. The van der Waals surface area contributed by atoms with E-state index in [2.05, 4.69) is 15.0 Å². The molecule has 0 amide bonds. The monoisotopic (exact) mass is 270 g/mol. The number of rotatable bonds is 7. The minimum atomic E-state index is -0.345. The zero-order valence-electron chi connectivity index (χ0n) is 10.7. The molecule has 0 bridgehead atoms. The molecule has 0 aliphatic heterocycles. The van der Waals surface area contributed by atoms with E-state index in [9.17, 15) is 10.1 Å². The topological polar surface area (TPSA) is 84.2 Å². The maximum atomic E-state index is 10.4. The molecule has 0 radical (unpaired) electrons. The fourth-order valence-electron chi connectivity index (χ4n) is 1.54. The summed E-state index contributed by atoms with van der Waals surface area (Å²) in [6, 6.07) is 0. The second-order valence-corrected chi connectivity index (χ2v) is 4.78. The van der Waals surface area contributed by atoms with Gasteiger partial charge in [-0.05, 0) is 32.4 Å². The van der Waals surface area contributed by atoms with Crippen LogP contribution in [-0.2, 0) is 6.42 Å². The zero-order valence-corrected chi connectivity index (χ0v) is 11.5. The number of hydrogen-bond donors (Lipinski definition) is 1. The average molecular weight is 270 g/mol. The Labute approximate surface area is 110 Å². The van der Waals surface area contributed by atoms with Crippen LogP contribution in [0.15, 0.2) is 11.3 Å². The Morgan fingerprint density at radius 2 is 2.39 bits per heavy atom. The number of thioether (sulfide) groups is 1. The molecule has 1 rings (SSSR count). The van der Waals surface area contributed by atoms with Gasteiger partial charge in [0.25, 0.3) is 6.54 Å². The first kappa shape index (κ1) is 14.7. The van der Waals surface area contributed by atoms with Crippen LogP contribution in [0, 0.1) is 17.0 Å². The Morgan fingerprint density at radius 3 is 2.94 bits per heavy atom. The largest absolute Gasteiger partial charge is 0.348 e. The van der Waals surface area contributed by atoms with Gasteiger partial charge in [-0.2, -0.15) is 0 Å². The third-order valence-corrected chi connectivity index (χ3v) is 3.27. The lowest BCUT2D eigenvalue weighted by atomic mass is 10.2. The highest BCUT2D eigenvalue weighted by molar-refractivity contribution is 8.13. The fraction of sp³-hybridized carbons (Fsp3) is 0.636. The lowest BCUT2D eigenvalue weighted by molar-refractivity contribution is -0.462. The number of aryl methyl sites for hydroxylation is 2. The third-order valence-electron chi connectivity index (χ3n) is 2.54. The van der Waals surface area contributed by atoms with Crippen LogP contribution in [-0.4, -0.2) is 39.3 Å². The number of hydrogen-bond acceptors (Lipinski definition) is 5. The summed E-state index contributed by atoms with van der Waals surface area (Å²) < 4.78 is 0. The zero-order chi connectivity index (χ0) is 13.4. The Bertz CT molecular complexity index is 417. The van der Waals surface area contributed by atoms with Crippen molar-refractivity contribution in [3.63, 3.8) is 0 Å². The van der Waals surface area contributed by atoms with E-state index in [1.54, 1.807) is 6.33 Å². The van der Waals surface area contributed by atoms with E-state index in [0.717, 1.165) is 30.7 Å². The van der Waals surface area contributed by atoms with Crippen molar-refractivity contribution in [2.24, 2.45) is 4.99 Å². The average Bonchev–Trinajstić information content (AvgIpc) is 2.72. The molecule has 0 atom stereocenters. The second kappa shape index (κ2) is 7.86. The number of aromatic nitrogens is 2. The van der Waals surface area contributed by atoms with Crippen molar-refractivity contribution in [3.8, 4) is 0 Å². The van der Waals surface area contributed by atoms with Crippen LogP contribution in [0.5, 0.6) is 0 Å². The number of aliphatic imine (C=N–C) groups is 1. The summed E-state index contributed by atoms with van der Waals surface area (Å²) in [4.78, 5) is 21.5. The molecule has 1 heterocycles. The van der Waals surface area contributed by atoms with E-state index >= 15 is 0 Å². The highest BCUT2D eigenvalue weighted by atomic mass is 32.2. The molecule has 1 aromatic heterocycles. The van der Waals surface area contributed by atoms with Crippen molar-refractivity contribution >= 4 is 16.8 Å². The summed E-state index contributed by atoms with van der Waals surface area (Å²) >= 11 is 1.35. The molecule has 6 nitrogen and oxygen atoms in total. The van der Waals surface area contributed by atoms with E-state index in [-0.39, 0.29) is 11.5 Å². The Hall–Kier alpha value is -1.37. The highest BCUT2D eigenvalue weighted by Crippen LogP contribution is 2.06. The van der Waals surface area contributed by atoms with Crippen molar-refractivity contribution in [3.05, 3.63) is 27.8 Å². The van der Waals surface area contributed by atoms with E-state index in [1.807, 2.05) is 13.2 Å². The van der Waals surface area contributed by atoms with Gasteiger partial charge in [-0.25, -0.2) is 4.98 Å². The minimum absolute atomic E-state index is 0.167. The second-order valence-electron chi connectivity index (χ2n) is 3.90. The molecular weight excluding hydrogens is 252 g/mol. The van der Waals surface area contributed by atoms with Crippen molar-refractivity contribution in [1.82, 2.24) is 9.97 Å². The first-order chi connectivity index (χ1) is 8.63. The summed E-state index contributed by atoms with van der Waals surface area (Å²) in [6.07, 6.45) is 6.36. The summed E-state index contributed by atoms with van der Waals surface area (Å²) in [5, 5.41) is 10.9. The molecule has 0 aliphatic rings. The summed E-state index contributed by atoms with van der Waals surface area (Å²) in [7, 11) is 0. The Balaban J connectivity index is 2.23. The molecule has 0 fully saturated rings. The third kappa shape index (κ3) is 5.31. The standard InChI is InChI=1S/C11H18N4O2S/c1-9-10(14-8-13-9)5-3-4-6-12-11(18-2)7-15(16)17/h8H,3-7H2,1-2H3,(H,13,14). The van der Waals surface area contributed by atoms with Gasteiger partial charge in [0.15, 0.2) is 0 Å². The van der Waals surface area contributed by atoms with Gasteiger partial charge in [0.05, 0.1) is 12.0 Å². The molecule has 7 heteroatoms. The molecule has 0 aliphatic carbocycles. The highest BCUT2D eigenvalue weighted by Gasteiger charge is 2.05. The summed E-state index contributed by atoms with van der Waals surface area (Å²) in [5.74, 6) is 0. The van der Waals surface area contributed by atoms with Gasteiger partial charge in [0.2, 0.25) is 0 Å². The summed E-state index contributed by atoms with van der Waals surface area (Å²) in [6.45, 7) is 2.48. The normalized spacial score (nSPS) is 11.8. The van der Waals surface area contributed by atoms with Gasteiger partial charge in [-0.15, -0.1) is 11.8 Å². The van der Waals surface area contributed by atoms with Gasteiger partial charge in [0.1, 0.15) is 5.04 Å². The molecule has 0 aromatic carbocycles. The first-order valence-electron chi connectivity index (χ1n) is 5.81. The predicted octanol–water partition coefficient (Wildman–Crippen LogP) is 2.08. The molecule has 0 unspecified atom stereocenters. The number of H-pyrrole nitrogens is 1. The van der Waals surface area contributed by atoms with Crippen molar-refractivity contribution in [1.29, 1.82) is 0 Å². The molecule has 0 saturated heterocycles. The van der Waals surface area contributed by atoms with Crippen molar-refractivity contribution < 1.29 is 4.92 Å². The predicted molar refractivity (Wildman–Crippen MR) is 73.9 cm³/mol. The lowest BCUT2D eigenvalue weighted by Gasteiger charge is -2.00. The van der Waals surface area contributed by atoms with Crippen LogP contribution in [0.4, 0.5) is 0 Å². The number of nitro groups is 1. The smallest absolute Gasteiger partial charge is 0.250 e. The first-order valence-corrected chi connectivity index (χ1v) is 7.04. The van der Waals surface area contributed by atoms with E-state index in [0.29, 0.717) is 11.6 Å². The Kier molecular flexibility index (Phi) is 6.42. The molecule has 1 aromatic rings. The molecule has 18 heavy (non-hydrogen) atoms. The van der Waals surface area contributed by atoms with Crippen molar-refractivity contribution in [2.75, 3.05) is 19.3 Å². The SMILES string of the molecule is CSC(C[N+](=O)[O-])=NCCCCc1nc[nH]c1C. The number of nitrogens with zero attached hydrogens (tertiary/aromatic N) is 3.